The lowest BCUT2D eigenvalue weighted by Crippen LogP contribution is -2.35. The van der Waals surface area contributed by atoms with Gasteiger partial charge in [0.1, 0.15) is 11.9 Å². The molecule has 2 aliphatic carbocycles. The molecule has 160 valence electrons. The maximum Gasteiger partial charge on any atom is 0.310 e. The number of benzene rings is 2. The van der Waals surface area contributed by atoms with E-state index in [2.05, 4.69) is 5.32 Å². The average Bonchev–Trinajstić information content (AvgIpc) is 3.38. The van der Waals surface area contributed by atoms with Crippen LogP contribution in [0.3, 0.4) is 0 Å². The Hall–Kier alpha value is -3.15. The lowest BCUT2D eigenvalue weighted by Gasteiger charge is -2.23. The standard InChI is InChI=1S/C25H25NO5/c1-13-3-5-15(6-4-13)23(27)14(2)30-18-9-7-17(8-10-18)26-24(28)21-16-11-19-20(12-16)31-25(29)22(19)21/h3-10,14,16,19-22H,11-12H2,1-2H3,(H,26,28)/t14-,16-,19-,20-,21-,22+/m1/s1. The van der Waals surface area contributed by atoms with Gasteiger partial charge in [-0.1, -0.05) is 29.8 Å². The van der Waals surface area contributed by atoms with Crippen LogP contribution in [0.1, 0.15) is 35.7 Å². The quantitative estimate of drug-likeness (QED) is 0.569. The number of carbonyl (C=O) groups excluding carboxylic acids is 3. The van der Waals surface area contributed by atoms with Crippen molar-refractivity contribution in [3.8, 4) is 5.75 Å². The van der Waals surface area contributed by atoms with Gasteiger partial charge in [-0.05, 0) is 56.9 Å². The minimum Gasteiger partial charge on any atom is -0.483 e. The van der Waals surface area contributed by atoms with Crippen LogP contribution in [0.2, 0.25) is 0 Å². The smallest absolute Gasteiger partial charge is 0.310 e. The second kappa shape index (κ2) is 7.52. The zero-order valence-electron chi connectivity index (χ0n) is 17.5. The predicted octanol–water partition coefficient (Wildman–Crippen LogP) is 3.78. The molecule has 1 aliphatic heterocycles. The van der Waals surface area contributed by atoms with Crippen molar-refractivity contribution in [2.24, 2.45) is 23.7 Å². The third kappa shape index (κ3) is 3.50. The van der Waals surface area contributed by atoms with Gasteiger partial charge in [0, 0.05) is 17.2 Å². The summed E-state index contributed by atoms with van der Waals surface area (Å²) >= 11 is 0. The molecule has 2 bridgehead atoms. The van der Waals surface area contributed by atoms with Gasteiger partial charge < -0.3 is 14.8 Å². The van der Waals surface area contributed by atoms with Gasteiger partial charge in [0.25, 0.3) is 0 Å². The Balaban J connectivity index is 1.20. The average molecular weight is 419 g/mol. The highest BCUT2D eigenvalue weighted by molar-refractivity contribution is 5.99. The molecule has 2 saturated carbocycles. The number of hydrogen-bond acceptors (Lipinski definition) is 5. The van der Waals surface area contributed by atoms with Gasteiger partial charge in [0.15, 0.2) is 6.10 Å². The molecule has 5 rings (SSSR count). The second-order valence-electron chi connectivity index (χ2n) is 8.93. The van der Waals surface area contributed by atoms with Crippen molar-refractivity contribution in [2.75, 3.05) is 5.32 Å². The van der Waals surface area contributed by atoms with E-state index in [-0.39, 0.29) is 47.4 Å². The van der Waals surface area contributed by atoms with E-state index in [0.29, 0.717) is 17.0 Å². The van der Waals surface area contributed by atoms with Gasteiger partial charge in [-0.25, -0.2) is 0 Å². The maximum absolute atomic E-state index is 12.9. The van der Waals surface area contributed by atoms with E-state index in [1.165, 1.54) is 0 Å². The molecule has 0 radical (unpaired) electrons. The van der Waals surface area contributed by atoms with Crippen LogP contribution in [0, 0.1) is 30.6 Å². The van der Waals surface area contributed by atoms with Crippen LogP contribution in [-0.4, -0.2) is 29.9 Å². The molecule has 3 fully saturated rings. The Bertz CT molecular complexity index is 1030. The van der Waals surface area contributed by atoms with Crippen molar-refractivity contribution in [3.05, 3.63) is 59.7 Å². The lowest BCUT2D eigenvalue weighted by atomic mass is 9.79. The number of hydrogen-bond donors (Lipinski definition) is 1. The summed E-state index contributed by atoms with van der Waals surface area (Å²) in [4.78, 5) is 37.6. The molecule has 1 saturated heterocycles. The van der Waals surface area contributed by atoms with Crippen LogP contribution in [0.5, 0.6) is 5.75 Å². The van der Waals surface area contributed by atoms with Gasteiger partial charge in [-0.3, -0.25) is 14.4 Å². The predicted molar refractivity (Wildman–Crippen MR) is 114 cm³/mol. The number of esters is 1. The Morgan fingerprint density at radius 2 is 1.77 bits per heavy atom. The summed E-state index contributed by atoms with van der Waals surface area (Å²) in [5.74, 6) is -0.0420. The topological polar surface area (TPSA) is 81.7 Å². The van der Waals surface area contributed by atoms with Crippen molar-refractivity contribution in [3.63, 3.8) is 0 Å². The molecule has 2 aromatic rings. The Kier molecular flexibility index (Phi) is 4.80. The van der Waals surface area contributed by atoms with E-state index in [4.69, 9.17) is 9.47 Å². The molecule has 0 aromatic heterocycles. The van der Waals surface area contributed by atoms with Gasteiger partial charge in [-0.2, -0.15) is 0 Å². The summed E-state index contributed by atoms with van der Waals surface area (Å²) in [5.41, 5.74) is 2.35. The zero-order valence-corrected chi connectivity index (χ0v) is 17.5. The fourth-order valence-electron chi connectivity index (χ4n) is 5.42. The lowest BCUT2D eigenvalue weighted by molar-refractivity contribution is -0.145. The monoisotopic (exact) mass is 419 g/mol. The fourth-order valence-corrected chi connectivity index (χ4v) is 5.42. The van der Waals surface area contributed by atoms with Crippen LogP contribution in [-0.2, 0) is 14.3 Å². The number of carbonyl (C=O) groups is 3. The molecule has 31 heavy (non-hydrogen) atoms. The number of nitrogens with one attached hydrogen (secondary N) is 1. The van der Waals surface area contributed by atoms with Crippen molar-refractivity contribution < 1.29 is 23.9 Å². The SMILES string of the molecule is Cc1ccc(C(=O)[C@@H](C)Oc2ccc(NC(=O)[C@@H]3[C@@H]4C[C@H]5[C@@H]3C(=O)O[C@@H]5C4)cc2)cc1. The highest BCUT2D eigenvalue weighted by atomic mass is 16.6. The van der Waals surface area contributed by atoms with Crippen LogP contribution < -0.4 is 10.1 Å². The first-order chi connectivity index (χ1) is 14.9. The Morgan fingerprint density at radius 3 is 2.48 bits per heavy atom. The first kappa shape index (κ1) is 19.8. The first-order valence-electron chi connectivity index (χ1n) is 10.8. The van der Waals surface area contributed by atoms with Gasteiger partial charge >= 0.3 is 5.97 Å². The number of fused-ring (bicyclic) bond motifs is 1. The van der Waals surface area contributed by atoms with E-state index < -0.39 is 6.10 Å². The maximum atomic E-state index is 12.9. The number of ketones is 1. The molecule has 3 aliphatic rings. The first-order valence-corrected chi connectivity index (χ1v) is 10.8. The van der Waals surface area contributed by atoms with Crippen molar-refractivity contribution in [2.45, 2.75) is 38.9 Å². The van der Waals surface area contributed by atoms with Crippen LogP contribution >= 0.6 is 0 Å². The number of Topliss-reactive ketones (excluding diaryl/α,β-unsaturated/α-hetero) is 1. The van der Waals surface area contributed by atoms with Gasteiger partial charge in [0.2, 0.25) is 11.7 Å². The number of anilines is 1. The minimum atomic E-state index is -0.626. The highest BCUT2D eigenvalue weighted by Gasteiger charge is 2.63. The summed E-state index contributed by atoms with van der Waals surface area (Å²) in [6.07, 6.45) is 1.09. The van der Waals surface area contributed by atoms with Crippen molar-refractivity contribution in [1.82, 2.24) is 0 Å². The Labute approximate surface area is 180 Å². The van der Waals surface area contributed by atoms with Crippen LogP contribution in [0.15, 0.2) is 48.5 Å². The normalized spacial score (nSPS) is 28.8. The summed E-state index contributed by atoms with van der Waals surface area (Å²) in [6.45, 7) is 3.70. The molecular formula is C25H25NO5. The largest absolute Gasteiger partial charge is 0.483 e. The molecule has 6 atom stereocenters. The van der Waals surface area contributed by atoms with Gasteiger partial charge in [-0.15, -0.1) is 0 Å². The number of ether oxygens (including phenoxy) is 2. The van der Waals surface area contributed by atoms with E-state index in [0.717, 1.165) is 18.4 Å². The summed E-state index contributed by atoms with van der Waals surface area (Å²) in [5, 5.41) is 2.94. The molecule has 0 spiro atoms. The molecule has 1 amide bonds. The van der Waals surface area contributed by atoms with E-state index in [1.807, 2.05) is 19.1 Å². The van der Waals surface area contributed by atoms with Crippen molar-refractivity contribution in [1.29, 1.82) is 0 Å². The van der Waals surface area contributed by atoms with E-state index in [1.54, 1.807) is 43.3 Å². The van der Waals surface area contributed by atoms with Crippen molar-refractivity contribution >= 4 is 23.3 Å². The molecule has 1 heterocycles. The Morgan fingerprint density at radius 1 is 1.06 bits per heavy atom. The molecule has 6 nitrogen and oxygen atoms in total. The second-order valence-corrected chi connectivity index (χ2v) is 8.93. The number of rotatable bonds is 6. The summed E-state index contributed by atoms with van der Waals surface area (Å²) in [6, 6.07) is 14.4. The minimum absolute atomic E-state index is 0.0209. The van der Waals surface area contributed by atoms with Crippen LogP contribution in [0.25, 0.3) is 0 Å². The fraction of sp³-hybridized carbons (Fsp3) is 0.400. The summed E-state index contributed by atoms with van der Waals surface area (Å²) < 4.78 is 11.2. The zero-order chi connectivity index (χ0) is 21.7. The number of amides is 1. The van der Waals surface area contributed by atoms with E-state index in [9.17, 15) is 14.4 Å². The highest BCUT2D eigenvalue weighted by Crippen LogP contribution is 2.57. The van der Waals surface area contributed by atoms with E-state index >= 15 is 0 Å². The molecule has 6 heteroatoms. The third-order valence-corrected chi connectivity index (χ3v) is 6.93. The molecule has 1 N–H and O–H groups in total. The third-order valence-electron chi connectivity index (χ3n) is 6.93. The number of aryl methyl sites for hydroxylation is 1. The van der Waals surface area contributed by atoms with Gasteiger partial charge in [0.05, 0.1) is 11.8 Å². The molecule has 2 aromatic carbocycles. The summed E-state index contributed by atoms with van der Waals surface area (Å²) in [7, 11) is 0. The molecular weight excluding hydrogens is 394 g/mol. The van der Waals surface area contributed by atoms with Crippen LogP contribution in [0.4, 0.5) is 5.69 Å². The molecule has 0 unspecified atom stereocenters.